The minimum absolute atomic E-state index is 0.187. The van der Waals surface area contributed by atoms with Crippen molar-refractivity contribution in [2.24, 2.45) is 0 Å². The van der Waals surface area contributed by atoms with Crippen molar-refractivity contribution in [3.63, 3.8) is 0 Å². The molecule has 2 atom stereocenters. The molecular weight excluding hydrogens is 226 g/mol. The van der Waals surface area contributed by atoms with Gasteiger partial charge in [0.05, 0.1) is 0 Å². The van der Waals surface area contributed by atoms with Crippen LogP contribution in [0.5, 0.6) is 0 Å². The van der Waals surface area contributed by atoms with E-state index >= 15 is 0 Å². The van der Waals surface area contributed by atoms with E-state index in [1.54, 1.807) is 0 Å². The molecule has 2 unspecified atom stereocenters. The van der Waals surface area contributed by atoms with Crippen molar-refractivity contribution >= 4 is 5.97 Å². The molecule has 0 saturated heterocycles. The molecule has 0 aliphatic heterocycles. The maximum Gasteiger partial charge on any atom is 0.325 e. The Hall–Kier alpha value is -1.35. The lowest BCUT2D eigenvalue weighted by Crippen LogP contribution is -2.35. The summed E-state index contributed by atoms with van der Waals surface area (Å²) in [6, 6.07) is 3.60. The summed E-state index contributed by atoms with van der Waals surface area (Å²) in [7, 11) is 0. The van der Waals surface area contributed by atoms with E-state index < -0.39 is 12.0 Å². The third-order valence-corrected chi connectivity index (χ3v) is 3.50. The first-order valence-electron chi connectivity index (χ1n) is 6.43. The molecule has 100 valence electrons. The van der Waals surface area contributed by atoms with E-state index in [1.807, 2.05) is 40.7 Å². The number of carboxylic acids is 1. The zero-order valence-electron chi connectivity index (χ0n) is 11.9. The van der Waals surface area contributed by atoms with Crippen LogP contribution in [0.3, 0.4) is 0 Å². The molecule has 1 aromatic rings. The monoisotopic (exact) mass is 249 g/mol. The molecule has 0 spiro atoms. The Morgan fingerprint density at radius 3 is 2.28 bits per heavy atom. The molecular formula is C15H23NO2. The van der Waals surface area contributed by atoms with Crippen molar-refractivity contribution in [2.75, 3.05) is 0 Å². The van der Waals surface area contributed by atoms with Gasteiger partial charge < -0.3 is 5.11 Å². The van der Waals surface area contributed by atoms with E-state index in [0.29, 0.717) is 0 Å². The second-order valence-electron chi connectivity index (χ2n) is 5.04. The zero-order chi connectivity index (χ0) is 13.9. The summed E-state index contributed by atoms with van der Waals surface area (Å²) in [6.45, 7) is 10.1. The summed E-state index contributed by atoms with van der Waals surface area (Å²) in [5, 5.41) is 12.6. The lowest BCUT2D eigenvalue weighted by molar-refractivity contribution is -0.139. The number of hydrogen-bond acceptors (Lipinski definition) is 2. The maximum absolute atomic E-state index is 11.4. The lowest BCUT2D eigenvalue weighted by Gasteiger charge is -2.22. The lowest BCUT2D eigenvalue weighted by atomic mass is 9.95. The number of rotatable bonds is 5. The molecule has 3 nitrogen and oxygen atoms in total. The van der Waals surface area contributed by atoms with E-state index in [4.69, 9.17) is 0 Å². The Labute approximate surface area is 109 Å². The van der Waals surface area contributed by atoms with Crippen molar-refractivity contribution in [1.29, 1.82) is 0 Å². The summed E-state index contributed by atoms with van der Waals surface area (Å²) in [5.74, 6) is -0.818. The Kier molecular flexibility index (Phi) is 4.91. The van der Waals surface area contributed by atoms with Crippen LogP contribution >= 0.6 is 0 Å². The highest BCUT2D eigenvalue weighted by atomic mass is 16.4. The van der Waals surface area contributed by atoms with Gasteiger partial charge >= 0.3 is 5.97 Å². The van der Waals surface area contributed by atoms with Crippen LogP contribution in [0.1, 0.15) is 48.6 Å². The van der Waals surface area contributed by atoms with Gasteiger partial charge in [-0.25, -0.2) is 0 Å². The molecule has 0 fully saturated rings. The maximum atomic E-state index is 11.4. The van der Waals surface area contributed by atoms with Crippen LogP contribution in [-0.4, -0.2) is 17.1 Å². The van der Waals surface area contributed by atoms with Crippen LogP contribution in [0.15, 0.2) is 12.1 Å². The van der Waals surface area contributed by atoms with E-state index in [1.165, 1.54) is 5.56 Å². The van der Waals surface area contributed by atoms with Crippen LogP contribution < -0.4 is 5.32 Å². The molecule has 18 heavy (non-hydrogen) atoms. The molecule has 0 radical (unpaired) electrons. The molecule has 0 aromatic heterocycles. The van der Waals surface area contributed by atoms with Crippen molar-refractivity contribution < 1.29 is 9.90 Å². The molecule has 0 aliphatic rings. The van der Waals surface area contributed by atoms with Gasteiger partial charge in [-0.05, 0) is 56.4 Å². The summed E-state index contributed by atoms with van der Waals surface area (Å²) in [6.07, 6.45) is 0.910. The third kappa shape index (κ3) is 3.33. The number of carbonyl (C=O) groups is 1. The van der Waals surface area contributed by atoms with Gasteiger partial charge in [0.15, 0.2) is 0 Å². The van der Waals surface area contributed by atoms with E-state index in [9.17, 15) is 9.90 Å². The minimum atomic E-state index is -0.818. The summed E-state index contributed by atoms with van der Waals surface area (Å²) >= 11 is 0. The van der Waals surface area contributed by atoms with Gasteiger partial charge in [0.25, 0.3) is 0 Å². The van der Waals surface area contributed by atoms with E-state index in [2.05, 4.69) is 11.4 Å². The smallest absolute Gasteiger partial charge is 0.325 e. The number of aryl methyl sites for hydroxylation is 3. The fourth-order valence-electron chi connectivity index (χ4n) is 1.99. The van der Waals surface area contributed by atoms with Crippen molar-refractivity contribution in [2.45, 2.75) is 53.1 Å². The van der Waals surface area contributed by atoms with Gasteiger partial charge in [0.1, 0.15) is 6.04 Å². The van der Waals surface area contributed by atoms with E-state index in [0.717, 1.165) is 23.1 Å². The molecule has 0 aliphatic carbocycles. The van der Waals surface area contributed by atoms with Crippen LogP contribution in [0, 0.1) is 20.8 Å². The summed E-state index contributed by atoms with van der Waals surface area (Å²) in [4.78, 5) is 11.4. The second-order valence-corrected chi connectivity index (χ2v) is 5.04. The minimum Gasteiger partial charge on any atom is -0.480 e. The number of benzene rings is 1. The highest BCUT2D eigenvalue weighted by Gasteiger charge is 2.23. The molecule has 3 heteroatoms. The average Bonchev–Trinajstić information content (AvgIpc) is 2.30. The molecule has 0 amide bonds. The van der Waals surface area contributed by atoms with Gasteiger partial charge in [0, 0.05) is 6.04 Å². The van der Waals surface area contributed by atoms with Crippen LogP contribution in [-0.2, 0) is 4.79 Å². The van der Waals surface area contributed by atoms with Gasteiger partial charge in [-0.1, -0.05) is 19.1 Å². The topological polar surface area (TPSA) is 49.3 Å². The molecule has 1 rings (SSSR count). The van der Waals surface area contributed by atoms with Gasteiger partial charge in [-0.15, -0.1) is 0 Å². The quantitative estimate of drug-likeness (QED) is 0.843. The summed E-state index contributed by atoms with van der Waals surface area (Å²) in [5.41, 5.74) is 4.23. The first kappa shape index (κ1) is 14.7. The number of carboxylic acid groups (broad SMARTS) is 1. The van der Waals surface area contributed by atoms with Crippen LogP contribution in [0.4, 0.5) is 0 Å². The molecule has 0 saturated carbocycles. The van der Waals surface area contributed by atoms with Gasteiger partial charge in [0.2, 0.25) is 0 Å². The Morgan fingerprint density at radius 1 is 1.22 bits per heavy atom. The largest absolute Gasteiger partial charge is 0.480 e. The highest BCUT2D eigenvalue weighted by Crippen LogP contribution is 2.23. The second kappa shape index (κ2) is 6.01. The van der Waals surface area contributed by atoms with Gasteiger partial charge in [-0.3, -0.25) is 10.1 Å². The normalized spacial score (nSPS) is 14.3. The molecule has 0 bridgehead atoms. The number of aliphatic carboxylic acids is 1. The Bertz CT molecular complexity index is 440. The number of nitrogens with one attached hydrogen (secondary N) is 1. The SMILES string of the molecule is CCC(C)NC(C(=O)O)c1cc(C)c(C)cc1C. The molecule has 2 N–H and O–H groups in total. The first-order valence-corrected chi connectivity index (χ1v) is 6.43. The molecule has 0 heterocycles. The predicted octanol–water partition coefficient (Wildman–Crippen LogP) is 3.13. The summed E-state index contributed by atoms with van der Waals surface area (Å²) < 4.78 is 0. The van der Waals surface area contributed by atoms with Crippen LogP contribution in [0.25, 0.3) is 0 Å². The van der Waals surface area contributed by atoms with Gasteiger partial charge in [-0.2, -0.15) is 0 Å². The zero-order valence-corrected chi connectivity index (χ0v) is 11.9. The highest BCUT2D eigenvalue weighted by molar-refractivity contribution is 5.76. The predicted molar refractivity (Wildman–Crippen MR) is 73.9 cm³/mol. The third-order valence-electron chi connectivity index (χ3n) is 3.50. The van der Waals surface area contributed by atoms with Crippen molar-refractivity contribution in [3.8, 4) is 0 Å². The number of hydrogen-bond donors (Lipinski definition) is 2. The van der Waals surface area contributed by atoms with E-state index in [-0.39, 0.29) is 6.04 Å². The Balaban J connectivity index is 3.14. The fraction of sp³-hybridized carbons (Fsp3) is 0.533. The van der Waals surface area contributed by atoms with Crippen molar-refractivity contribution in [1.82, 2.24) is 5.32 Å². The fourth-order valence-corrected chi connectivity index (χ4v) is 1.99. The van der Waals surface area contributed by atoms with Crippen LogP contribution in [0.2, 0.25) is 0 Å². The molecule has 1 aromatic carbocycles. The Morgan fingerprint density at radius 2 is 1.78 bits per heavy atom. The first-order chi connectivity index (χ1) is 8.36. The average molecular weight is 249 g/mol. The van der Waals surface area contributed by atoms with Crippen molar-refractivity contribution in [3.05, 3.63) is 34.4 Å². The standard InChI is InChI=1S/C15H23NO2/c1-6-12(5)16-14(15(17)18)13-8-10(3)9(2)7-11(13)4/h7-8,12,14,16H,6H2,1-5H3,(H,17,18).